The maximum atomic E-state index is 4.22. The molecule has 16 heavy (non-hydrogen) atoms. The number of nitrogens with one attached hydrogen (secondary N) is 2. The van der Waals surface area contributed by atoms with E-state index in [2.05, 4.69) is 25.5 Å². The number of aryl methyl sites for hydroxylation is 2. The Morgan fingerprint density at radius 3 is 3.00 bits per heavy atom. The van der Waals surface area contributed by atoms with Gasteiger partial charge < -0.3 is 14.9 Å². The fourth-order valence-electron chi connectivity index (χ4n) is 1.51. The molecule has 2 heterocycles. The molecule has 86 valence electrons. The molecular weight excluding hydrogens is 204 g/mol. The fraction of sp³-hybridized carbons (Fsp3) is 0.500. The molecule has 0 radical (unpaired) electrons. The highest BCUT2D eigenvalue weighted by atomic mass is 15.2. The Kier molecular flexibility index (Phi) is 3.31. The van der Waals surface area contributed by atoms with Crippen molar-refractivity contribution in [2.24, 2.45) is 7.05 Å². The molecule has 2 aromatic rings. The Morgan fingerprint density at radius 2 is 2.38 bits per heavy atom. The highest BCUT2D eigenvalue weighted by Crippen LogP contribution is 1.99. The fourth-order valence-corrected chi connectivity index (χ4v) is 1.51. The van der Waals surface area contributed by atoms with Crippen LogP contribution in [0.25, 0.3) is 0 Å². The van der Waals surface area contributed by atoms with E-state index in [9.17, 15) is 0 Å². The topological polar surface area (TPSA) is 71.4 Å². The number of aromatic amines is 1. The van der Waals surface area contributed by atoms with Gasteiger partial charge in [-0.1, -0.05) is 0 Å². The van der Waals surface area contributed by atoms with Gasteiger partial charge in [0.25, 0.3) is 0 Å². The van der Waals surface area contributed by atoms with Gasteiger partial charge in [0, 0.05) is 32.3 Å². The number of aromatic nitrogens is 5. The lowest BCUT2D eigenvalue weighted by atomic mass is 10.3. The van der Waals surface area contributed by atoms with Crippen LogP contribution >= 0.6 is 0 Å². The van der Waals surface area contributed by atoms with Crippen LogP contribution in [0.2, 0.25) is 0 Å². The van der Waals surface area contributed by atoms with Gasteiger partial charge in [-0.2, -0.15) is 0 Å². The van der Waals surface area contributed by atoms with Crippen molar-refractivity contribution < 1.29 is 0 Å². The number of rotatable bonds is 5. The first kappa shape index (κ1) is 10.8. The molecule has 2 rings (SSSR count). The monoisotopic (exact) mass is 220 g/mol. The minimum Gasteiger partial charge on any atom is -0.348 e. The average molecular weight is 220 g/mol. The Hall–Kier alpha value is -1.69. The average Bonchev–Trinajstić information content (AvgIpc) is 2.84. The molecule has 0 aliphatic rings. The molecule has 0 aliphatic carbocycles. The summed E-state index contributed by atoms with van der Waals surface area (Å²) < 4.78 is 1.93. The maximum absolute atomic E-state index is 4.22. The second-order valence-corrected chi connectivity index (χ2v) is 3.76. The van der Waals surface area contributed by atoms with E-state index < -0.39 is 0 Å². The van der Waals surface area contributed by atoms with E-state index in [0.717, 1.165) is 36.7 Å². The van der Waals surface area contributed by atoms with Crippen molar-refractivity contribution in [3.8, 4) is 0 Å². The van der Waals surface area contributed by atoms with Gasteiger partial charge in [-0.05, 0) is 6.92 Å². The summed E-state index contributed by atoms with van der Waals surface area (Å²) in [7, 11) is 1.95. The Labute approximate surface area is 94.1 Å². The van der Waals surface area contributed by atoms with Crippen molar-refractivity contribution >= 4 is 0 Å². The Bertz CT molecular complexity index is 401. The maximum Gasteiger partial charge on any atom is 0.133 e. The number of imidazole rings is 1. The molecule has 2 aromatic heterocycles. The van der Waals surface area contributed by atoms with E-state index in [0.29, 0.717) is 0 Å². The predicted molar refractivity (Wildman–Crippen MR) is 59.7 cm³/mol. The summed E-state index contributed by atoms with van der Waals surface area (Å²) in [5.74, 6) is 0.992. The van der Waals surface area contributed by atoms with Crippen LogP contribution in [0.3, 0.4) is 0 Å². The van der Waals surface area contributed by atoms with E-state index in [-0.39, 0.29) is 0 Å². The Balaban J connectivity index is 1.74. The third kappa shape index (κ3) is 2.46. The third-order valence-electron chi connectivity index (χ3n) is 2.56. The van der Waals surface area contributed by atoms with E-state index in [1.165, 1.54) is 0 Å². The summed E-state index contributed by atoms with van der Waals surface area (Å²) in [4.78, 5) is 7.27. The molecule has 0 spiro atoms. The quantitative estimate of drug-likeness (QED) is 0.705. The zero-order valence-corrected chi connectivity index (χ0v) is 9.56. The number of hydrogen-bond acceptors (Lipinski definition) is 4. The normalized spacial score (nSPS) is 10.9. The first-order chi connectivity index (χ1) is 7.77. The summed E-state index contributed by atoms with van der Waals surface area (Å²) in [5.41, 5.74) is 2.18. The molecule has 0 saturated carbocycles. The number of H-pyrrole nitrogens is 1. The second-order valence-electron chi connectivity index (χ2n) is 3.76. The molecule has 0 unspecified atom stereocenters. The van der Waals surface area contributed by atoms with Gasteiger partial charge in [-0.3, -0.25) is 0 Å². The minimum absolute atomic E-state index is 0.785. The molecule has 0 aromatic carbocycles. The lowest BCUT2D eigenvalue weighted by Gasteiger charge is -2.03. The molecule has 0 atom stereocenters. The largest absolute Gasteiger partial charge is 0.348 e. The van der Waals surface area contributed by atoms with Crippen LogP contribution in [-0.2, 0) is 20.0 Å². The van der Waals surface area contributed by atoms with Gasteiger partial charge in [-0.25, -0.2) is 4.98 Å². The van der Waals surface area contributed by atoms with Gasteiger partial charge in [0.1, 0.15) is 12.2 Å². The highest BCUT2D eigenvalue weighted by molar-refractivity contribution is 5.07. The standard InChI is InChI=1S/C10H16N6/c1-8-9(13-6-12-8)5-11-4-3-10-15-14-7-16(10)2/h6-7,11H,3-5H2,1-2H3,(H,12,13). The van der Waals surface area contributed by atoms with E-state index in [4.69, 9.17) is 0 Å². The molecule has 6 heteroatoms. The summed E-state index contributed by atoms with van der Waals surface area (Å²) in [5, 5.41) is 11.2. The Morgan fingerprint density at radius 1 is 1.50 bits per heavy atom. The van der Waals surface area contributed by atoms with E-state index in [1.807, 2.05) is 18.5 Å². The van der Waals surface area contributed by atoms with Crippen molar-refractivity contribution in [2.75, 3.05) is 6.54 Å². The number of hydrogen-bond donors (Lipinski definition) is 2. The second kappa shape index (κ2) is 4.89. The van der Waals surface area contributed by atoms with Crippen molar-refractivity contribution in [1.29, 1.82) is 0 Å². The van der Waals surface area contributed by atoms with Gasteiger partial charge in [0.2, 0.25) is 0 Å². The van der Waals surface area contributed by atoms with Crippen molar-refractivity contribution in [1.82, 2.24) is 30.0 Å². The van der Waals surface area contributed by atoms with Crippen molar-refractivity contribution in [2.45, 2.75) is 19.9 Å². The molecule has 0 aliphatic heterocycles. The van der Waals surface area contributed by atoms with Crippen LogP contribution in [0.5, 0.6) is 0 Å². The van der Waals surface area contributed by atoms with Crippen LogP contribution in [0.1, 0.15) is 17.2 Å². The molecule has 0 bridgehead atoms. The smallest absolute Gasteiger partial charge is 0.133 e. The van der Waals surface area contributed by atoms with Crippen LogP contribution in [0.15, 0.2) is 12.7 Å². The SMILES string of the molecule is Cc1[nH]cnc1CNCCc1nncn1C. The first-order valence-corrected chi connectivity index (χ1v) is 5.30. The zero-order chi connectivity index (χ0) is 11.4. The van der Waals surface area contributed by atoms with Crippen LogP contribution < -0.4 is 5.32 Å². The zero-order valence-electron chi connectivity index (χ0n) is 9.56. The number of nitrogens with zero attached hydrogens (tertiary/aromatic N) is 4. The molecule has 2 N–H and O–H groups in total. The summed E-state index contributed by atoms with van der Waals surface area (Å²) in [6.45, 7) is 3.68. The van der Waals surface area contributed by atoms with Crippen LogP contribution in [-0.4, -0.2) is 31.3 Å². The molecule has 0 fully saturated rings. The van der Waals surface area contributed by atoms with Gasteiger partial charge in [-0.15, -0.1) is 10.2 Å². The molecule has 0 saturated heterocycles. The first-order valence-electron chi connectivity index (χ1n) is 5.30. The summed E-state index contributed by atoms with van der Waals surface area (Å²) in [6, 6.07) is 0. The van der Waals surface area contributed by atoms with Crippen molar-refractivity contribution in [3.05, 3.63) is 29.9 Å². The van der Waals surface area contributed by atoms with E-state index in [1.54, 1.807) is 12.7 Å². The predicted octanol–water partition coefficient (Wildman–Crippen LogP) is 0.179. The van der Waals surface area contributed by atoms with Gasteiger partial charge in [0.05, 0.1) is 12.0 Å². The van der Waals surface area contributed by atoms with Crippen LogP contribution in [0, 0.1) is 6.92 Å². The molecular formula is C10H16N6. The molecule has 0 amide bonds. The van der Waals surface area contributed by atoms with Crippen LogP contribution in [0.4, 0.5) is 0 Å². The van der Waals surface area contributed by atoms with Gasteiger partial charge in [0.15, 0.2) is 0 Å². The lowest BCUT2D eigenvalue weighted by molar-refractivity contribution is 0.645. The lowest BCUT2D eigenvalue weighted by Crippen LogP contribution is -2.18. The van der Waals surface area contributed by atoms with Gasteiger partial charge >= 0.3 is 0 Å². The minimum atomic E-state index is 0.785. The summed E-state index contributed by atoms with van der Waals surface area (Å²) >= 11 is 0. The highest BCUT2D eigenvalue weighted by Gasteiger charge is 2.02. The van der Waals surface area contributed by atoms with Crippen molar-refractivity contribution in [3.63, 3.8) is 0 Å². The third-order valence-corrected chi connectivity index (χ3v) is 2.56. The molecule has 6 nitrogen and oxygen atoms in total. The summed E-state index contributed by atoms with van der Waals surface area (Å²) in [6.07, 6.45) is 4.31. The van der Waals surface area contributed by atoms with E-state index >= 15 is 0 Å².